The first-order valence-electron chi connectivity index (χ1n) is 8.76. The predicted octanol–water partition coefficient (Wildman–Crippen LogP) is 1.79. The number of urea groups is 1. The summed E-state index contributed by atoms with van der Waals surface area (Å²) in [7, 11) is -3.36. The minimum absolute atomic E-state index is 0.0155. The van der Waals surface area contributed by atoms with Crippen molar-refractivity contribution >= 4 is 38.8 Å². The molecular formula is C18H22N4O4S2. The summed E-state index contributed by atoms with van der Waals surface area (Å²) in [6.45, 7) is 1.62. The third-order valence-corrected chi connectivity index (χ3v) is 6.67. The van der Waals surface area contributed by atoms with Crippen LogP contribution in [0.15, 0.2) is 35.2 Å². The SMILES string of the molecule is CS(=O)(=O)c1cccc(-c2cc(NC(N)=O)c(C(=O)N[C@H]3CCCNC3)s2)c1. The van der Waals surface area contributed by atoms with E-state index in [0.717, 1.165) is 25.6 Å². The van der Waals surface area contributed by atoms with Crippen molar-refractivity contribution in [2.45, 2.75) is 23.8 Å². The fourth-order valence-electron chi connectivity index (χ4n) is 3.03. The number of amides is 3. The Labute approximate surface area is 167 Å². The van der Waals surface area contributed by atoms with E-state index in [-0.39, 0.29) is 16.8 Å². The summed E-state index contributed by atoms with van der Waals surface area (Å²) in [5.74, 6) is -0.298. The van der Waals surface area contributed by atoms with Crippen molar-refractivity contribution in [2.75, 3.05) is 24.7 Å². The number of benzene rings is 1. The number of carbonyl (C=O) groups is 2. The Morgan fingerprint density at radius 3 is 2.71 bits per heavy atom. The molecule has 1 fully saturated rings. The lowest BCUT2D eigenvalue weighted by Crippen LogP contribution is -2.45. The summed E-state index contributed by atoms with van der Waals surface area (Å²) in [6, 6.07) is 7.32. The van der Waals surface area contributed by atoms with Gasteiger partial charge in [-0.25, -0.2) is 13.2 Å². The van der Waals surface area contributed by atoms with Gasteiger partial charge in [0.1, 0.15) is 4.88 Å². The molecule has 0 radical (unpaired) electrons. The van der Waals surface area contributed by atoms with Gasteiger partial charge in [0.05, 0.1) is 10.6 Å². The van der Waals surface area contributed by atoms with Crippen LogP contribution >= 0.6 is 11.3 Å². The highest BCUT2D eigenvalue weighted by Crippen LogP contribution is 2.35. The highest BCUT2D eigenvalue weighted by atomic mass is 32.2. The molecule has 1 aliphatic heterocycles. The van der Waals surface area contributed by atoms with Crippen LogP contribution in [-0.2, 0) is 9.84 Å². The number of anilines is 1. The largest absolute Gasteiger partial charge is 0.351 e. The van der Waals surface area contributed by atoms with Gasteiger partial charge in [-0.2, -0.15) is 0 Å². The molecule has 1 aromatic heterocycles. The Hall–Kier alpha value is -2.43. The number of thiophene rings is 1. The molecule has 0 saturated carbocycles. The predicted molar refractivity (Wildman–Crippen MR) is 109 cm³/mol. The van der Waals surface area contributed by atoms with E-state index >= 15 is 0 Å². The van der Waals surface area contributed by atoms with E-state index in [1.807, 2.05) is 0 Å². The van der Waals surface area contributed by atoms with E-state index in [1.54, 1.807) is 24.3 Å². The molecule has 1 aliphatic rings. The lowest BCUT2D eigenvalue weighted by atomic mass is 10.1. The molecule has 150 valence electrons. The van der Waals surface area contributed by atoms with Crippen LogP contribution in [0.5, 0.6) is 0 Å². The number of primary amides is 1. The second-order valence-electron chi connectivity index (χ2n) is 6.66. The second-order valence-corrected chi connectivity index (χ2v) is 9.73. The first kappa shape index (κ1) is 20.3. The molecule has 10 heteroatoms. The lowest BCUT2D eigenvalue weighted by molar-refractivity contribution is 0.0935. The Balaban J connectivity index is 1.93. The van der Waals surface area contributed by atoms with Gasteiger partial charge in [0.25, 0.3) is 5.91 Å². The molecule has 3 rings (SSSR count). The molecule has 3 amide bonds. The highest BCUT2D eigenvalue weighted by Gasteiger charge is 2.22. The van der Waals surface area contributed by atoms with Gasteiger partial charge in [0, 0.05) is 23.7 Å². The topological polar surface area (TPSA) is 130 Å². The normalized spacial score (nSPS) is 17.1. The number of hydrogen-bond donors (Lipinski definition) is 4. The van der Waals surface area contributed by atoms with E-state index in [1.165, 1.54) is 17.4 Å². The van der Waals surface area contributed by atoms with Crippen LogP contribution in [0.25, 0.3) is 10.4 Å². The van der Waals surface area contributed by atoms with Crippen LogP contribution in [0.3, 0.4) is 0 Å². The van der Waals surface area contributed by atoms with Crippen molar-refractivity contribution < 1.29 is 18.0 Å². The smallest absolute Gasteiger partial charge is 0.316 e. The van der Waals surface area contributed by atoms with Crippen LogP contribution in [0.2, 0.25) is 0 Å². The number of rotatable bonds is 5. The summed E-state index contributed by atoms with van der Waals surface area (Å²) in [5.41, 5.74) is 6.18. The van der Waals surface area contributed by atoms with Gasteiger partial charge in [-0.3, -0.25) is 4.79 Å². The summed E-state index contributed by atoms with van der Waals surface area (Å²) in [5, 5.41) is 8.68. The number of piperidine rings is 1. The van der Waals surface area contributed by atoms with Crippen molar-refractivity contribution in [1.82, 2.24) is 10.6 Å². The molecule has 0 aliphatic carbocycles. The average Bonchev–Trinajstić information content (AvgIpc) is 3.05. The molecule has 5 N–H and O–H groups in total. The minimum Gasteiger partial charge on any atom is -0.351 e. The Kier molecular flexibility index (Phi) is 6.01. The third kappa shape index (κ3) is 4.89. The van der Waals surface area contributed by atoms with Crippen molar-refractivity contribution in [3.63, 3.8) is 0 Å². The summed E-state index contributed by atoms with van der Waals surface area (Å²) in [4.78, 5) is 25.3. The quantitative estimate of drug-likeness (QED) is 0.584. The van der Waals surface area contributed by atoms with Crippen LogP contribution in [0.4, 0.5) is 10.5 Å². The van der Waals surface area contributed by atoms with Gasteiger partial charge in [-0.05, 0) is 43.1 Å². The maximum Gasteiger partial charge on any atom is 0.316 e. The first-order chi connectivity index (χ1) is 13.2. The second kappa shape index (κ2) is 8.29. The van der Waals surface area contributed by atoms with Gasteiger partial charge >= 0.3 is 6.03 Å². The van der Waals surface area contributed by atoms with Gasteiger partial charge in [-0.1, -0.05) is 12.1 Å². The molecule has 2 heterocycles. The standard InChI is InChI=1S/C18H22N4O4S2/c1-28(25,26)13-6-2-4-11(8-13)15-9-14(22-18(19)24)16(27-15)17(23)21-12-5-3-7-20-10-12/h2,4,6,8-9,12,20H,3,5,7,10H2,1H3,(H,21,23)(H3,19,22,24)/t12-/m0/s1. The molecular weight excluding hydrogens is 400 g/mol. The molecule has 1 aromatic carbocycles. The van der Waals surface area contributed by atoms with Gasteiger partial charge in [0.2, 0.25) is 0 Å². The number of carbonyl (C=O) groups excluding carboxylic acids is 2. The van der Waals surface area contributed by atoms with Crippen molar-refractivity contribution in [3.8, 4) is 10.4 Å². The zero-order valence-corrected chi connectivity index (χ0v) is 17.0. The maximum absolute atomic E-state index is 12.8. The zero-order valence-electron chi connectivity index (χ0n) is 15.3. The van der Waals surface area contributed by atoms with E-state index in [9.17, 15) is 18.0 Å². The van der Waals surface area contributed by atoms with E-state index < -0.39 is 15.9 Å². The molecule has 0 spiro atoms. The Bertz CT molecular complexity index is 995. The molecule has 28 heavy (non-hydrogen) atoms. The zero-order chi connectivity index (χ0) is 20.3. The van der Waals surface area contributed by atoms with E-state index in [0.29, 0.717) is 27.5 Å². The molecule has 8 nitrogen and oxygen atoms in total. The number of nitrogens with two attached hydrogens (primary N) is 1. The Morgan fingerprint density at radius 1 is 1.29 bits per heavy atom. The summed E-state index contributed by atoms with van der Waals surface area (Å²) in [6.07, 6.45) is 3.00. The van der Waals surface area contributed by atoms with Crippen molar-refractivity contribution in [2.24, 2.45) is 5.73 Å². The van der Waals surface area contributed by atoms with Gasteiger partial charge in [0.15, 0.2) is 9.84 Å². The van der Waals surface area contributed by atoms with E-state index in [2.05, 4.69) is 16.0 Å². The van der Waals surface area contributed by atoms with Crippen LogP contribution in [0, 0.1) is 0 Å². The average molecular weight is 423 g/mol. The third-order valence-electron chi connectivity index (χ3n) is 4.37. The van der Waals surface area contributed by atoms with Gasteiger partial charge in [-0.15, -0.1) is 11.3 Å². The molecule has 0 unspecified atom stereocenters. The number of sulfone groups is 1. The summed E-state index contributed by atoms with van der Waals surface area (Å²) >= 11 is 1.17. The van der Waals surface area contributed by atoms with Crippen molar-refractivity contribution in [3.05, 3.63) is 35.2 Å². The molecule has 2 aromatic rings. The fraction of sp³-hybridized carbons (Fsp3) is 0.333. The van der Waals surface area contributed by atoms with Crippen molar-refractivity contribution in [1.29, 1.82) is 0 Å². The highest BCUT2D eigenvalue weighted by molar-refractivity contribution is 7.90. The Morgan fingerprint density at radius 2 is 2.07 bits per heavy atom. The minimum atomic E-state index is -3.36. The summed E-state index contributed by atoms with van der Waals surface area (Å²) < 4.78 is 23.6. The van der Waals surface area contributed by atoms with Crippen LogP contribution < -0.4 is 21.7 Å². The molecule has 1 atom stereocenters. The van der Waals surface area contributed by atoms with Crippen LogP contribution in [0.1, 0.15) is 22.5 Å². The van der Waals surface area contributed by atoms with Gasteiger partial charge < -0.3 is 21.7 Å². The number of hydrogen-bond acceptors (Lipinski definition) is 6. The molecule has 0 bridgehead atoms. The number of nitrogens with one attached hydrogen (secondary N) is 3. The fourth-order valence-corrected chi connectivity index (χ4v) is 4.71. The molecule has 1 saturated heterocycles. The van der Waals surface area contributed by atoms with Crippen LogP contribution in [-0.4, -0.2) is 45.7 Å². The first-order valence-corrected chi connectivity index (χ1v) is 11.5. The van der Waals surface area contributed by atoms with E-state index in [4.69, 9.17) is 5.73 Å². The monoisotopic (exact) mass is 422 g/mol. The maximum atomic E-state index is 12.8. The lowest BCUT2D eigenvalue weighted by Gasteiger charge is -2.23.